The van der Waals surface area contributed by atoms with Gasteiger partial charge in [0, 0.05) is 50.9 Å². The molecule has 0 radical (unpaired) electrons. The number of para-hydroxylation sites is 1. The molecule has 0 saturated heterocycles. The summed E-state index contributed by atoms with van der Waals surface area (Å²) in [6.07, 6.45) is 11.0. The highest BCUT2D eigenvalue weighted by Gasteiger charge is 2.42. The van der Waals surface area contributed by atoms with E-state index in [0.717, 1.165) is 29.0 Å². The first-order chi connectivity index (χ1) is 24.1. The smallest absolute Gasteiger partial charge is 0.178 e. The molecule has 0 N–H and O–H groups in total. The van der Waals surface area contributed by atoms with Gasteiger partial charge in [-0.05, 0) is 95.1 Å². The van der Waals surface area contributed by atoms with Crippen LogP contribution < -0.4 is 9.47 Å². The highest BCUT2D eigenvalue weighted by molar-refractivity contribution is 6.17. The van der Waals surface area contributed by atoms with Crippen molar-refractivity contribution in [1.82, 2.24) is 4.57 Å². The van der Waals surface area contributed by atoms with Crippen LogP contribution in [0.15, 0.2) is 121 Å². The fourth-order valence-electron chi connectivity index (χ4n) is 9.55. The van der Waals surface area contributed by atoms with E-state index in [0.29, 0.717) is 11.8 Å². The van der Waals surface area contributed by atoms with Crippen LogP contribution in [-0.4, -0.2) is 11.7 Å². The lowest BCUT2D eigenvalue weighted by Crippen LogP contribution is -2.35. The topological polar surface area (TPSA) is 23.4 Å². The van der Waals surface area contributed by atoms with Crippen LogP contribution in [0.3, 0.4) is 0 Å². The Morgan fingerprint density at radius 3 is 2.33 bits per heavy atom. The van der Waals surface area contributed by atoms with E-state index in [4.69, 9.17) is 9.47 Å². The Bertz CT molecular complexity index is 2450. The van der Waals surface area contributed by atoms with Crippen LogP contribution in [0.4, 0.5) is 0 Å². The second kappa shape index (κ2) is 10.9. The van der Waals surface area contributed by atoms with Crippen molar-refractivity contribution in [2.75, 3.05) is 7.11 Å². The Morgan fingerprint density at radius 1 is 0.714 bits per heavy atom. The number of fused-ring (bicyclic) bond motifs is 13. The molecule has 1 fully saturated rings. The predicted molar refractivity (Wildman–Crippen MR) is 202 cm³/mol. The maximum Gasteiger partial charge on any atom is 0.178 e. The first kappa shape index (κ1) is 28.7. The van der Waals surface area contributed by atoms with Crippen molar-refractivity contribution in [3.8, 4) is 22.6 Å². The summed E-state index contributed by atoms with van der Waals surface area (Å²) in [6, 6.07) is 42.0. The largest absolute Gasteiger partial charge is 0.497 e. The lowest BCUT2D eigenvalue weighted by molar-refractivity contribution is 0.163. The molecule has 3 unspecified atom stereocenters. The molecule has 0 amide bonds. The zero-order valence-corrected chi connectivity index (χ0v) is 28.1. The van der Waals surface area contributed by atoms with E-state index in [9.17, 15) is 0 Å². The highest BCUT2D eigenvalue weighted by Crippen LogP contribution is 2.57. The SMILES string of the molecule is COc1ccc(C2(c3ccccc3)C=Cc3c4c(c5cc6c(cc5c3O2)c2ccccc2n6C)-c2ccccc2CC2CCCCC42)cc1. The normalized spacial score (nSPS) is 21.0. The van der Waals surface area contributed by atoms with Crippen molar-refractivity contribution >= 4 is 38.7 Å². The number of nitrogens with zero attached hydrogens (tertiary/aromatic N) is 1. The van der Waals surface area contributed by atoms with Crippen molar-refractivity contribution in [3.63, 3.8) is 0 Å². The number of aryl methyl sites for hydroxylation is 1. The minimum Gasteiger partial charge on any atom is -0.497 e. The van der Waals surface area contributed by atoms with Gasteiger partial charge in [-0.15, -0.1) is 0 Å². The van der Waals surface area contributed by atoms with Gasteiger partial charge in [-0.25, -0.2) is 0 Å². The fourth-order valence-corrected chi connectivity index (χ4v) is 9.55. The van der Waals surface area contributed by atoms with E-state index in [2.05, 4.69) is 127 Å². The molecule has 1 aliphatic heterocycles. The molecular weight excluding hydrogens is 599 g/mol. The number of methoxy groups -OCH3 is 1. The molecule has 2 aliphatic carbocycles. The summed E-state index contributed by atoms with van der Waals surface area (Å²) in [5, 5.41) is 5.00. The number of benzene rings is 6. The average molecular weight is 638 g/mol. The van der Waals surface area contributed by atoms with Gasteiger partial charge in [-0.1, -0.05) is 104 Å². The summed E-state index contributed by atoms with van der Waals surface area (Å²) in [5.74, 6) is 2.93. The van der Waals surface area contributed by atoms with Crippen LogP contribution in [0.1, 0.15) is 59.4 Å². The molecular formula is C46H39NO2. The Hall–Kier alpha value is -5.28. The van der Waals surface area contributed by atoms with Gasteiger partial charge in [0.1, 0.15) is 11.5 Å². The third-order valence-corrected chi connectivity index (χ3v) is 11.9. The third kappa shape index (κ3) is 4.15. The molecule has 240 valence electrons. The number of ether oxygens (including phenoxy) is 2. The van der Waals surface area contributed by atoms with E-state index >= 15 is 0 Å². The van der Waals surface area contributed by atoms with Gasteiger partial charge in [0.05, 0.1) is 7.11 Å². The number of aromatic nitrogens is 1. The van der Waals surface area contributed by atoms with E-state index in [1.54, 1.807) is 7.11 Å². The molecule has 0 bridgehead atoms. The van der Waals surface area contributed by atoms with Crippen LogP contribution in [0.2, 0.25) is 0 Å². The van der Waals surface area contributed by atoms with Crippen molar-refractivity contribution in [3.05, 3.63) is 149 Å². The quantitative estimate of drug-likeness (QED) is 0.192. The summed E-state index contributed by atoms with van der Waals surface area (Å²) in [7, 11) is 3.93. The van der Waals surface area contributed by atoms with Crippen LogP contribution in [-0.2, 0) is 19.1 Å². The fraction of sp³-hybridized carbons (Fsp3) is 0.217. The van der Waals surface area contributed by atoms with Gasteiger partial charge in [0.2, 0.25) is 0 Å². The van der Waals surface area contributed by atoms with E-state index < -0.39 is 5.60 Å². The predicted octanol–water partition coefficient (Wildman–Crippen LogP) is 11.3. The van der Waals surface area contributed by atoms with E-state index in [1.807, 2.05) is 12.1 Å². The highest BCUT2D eigenvalue weighted by atomic mass is 16.5. The molecule has 3 aliphatic rings. The second-order valence-electron chi connectivity index (χ2n) is 14.3. The van der Waals surface area contributed by atoms with Gasteiger partial charge in [0.15, 0.2) is 5.60 Å². The molecule has 2 heterocycles. The molecule has 3 atom stereocenters. The Morgan fingerprint density at radius 2 is 1.47 bits per heavy atom. The summed E-state index contributed by atoms with van der Waals surface area (Å²) < 4.78 is 15.6. The van der Waals surface area contributed by atoms with Gasteiger partial charge in [-0.2, -0.15) is 0 Å². The zero-order chi connectivity index (χ0) is 32.7. The minimum atomic E-state index is -0.802. The molecule has 7 aromatic rings. The summed E-state index contributed by atoms with van der Waals surface area (Å²) in [6.45, 7) is 0. The molecule has 49 heavy (non-hydrogen) atoms. The van der Waals surface area contributed by atoms with Crippen molar-refractivity contribution in [1.29, 1.82) is 0 Å². The van der Waals surface area contributed by atoms with E-state index in [-0.39, 0.29) is 0 Å². The molecule has 3 heteroatoms. The number of rotatable bonds is 3. The molecule has 0 spiro atoms. The van der Waals surface area contributed by atoms with Gasteiger partial charge >= 0.3 is 0 Å². The lowest BCUT2D eigenvalue weighted by atomic mass is 9.71. The first-order valence-corrected chi connectivity index (χ1v) is 17.8. The van der Waals surface area contributed by atoms with Gasteiger partial charge < -0.3 is 14.0 Å². The standard InChI is InChI=1S/C46H39NO2/c1-47-41-19-11-10-18-36(41)38-27-40-39(28-42(38)47)44-35-17-9-7-13-30(35)26-29-12-6-8-16-34(29)43(44)37-24-25-46(49-45(37)40,31-14-4-3-5-15-31)32-20-22-33(48-2)23-21-32/h3-5,7,9-11,13-15,17-25,27-29,34H,6,8,12,16,26H2,1-2H3. The average Bonchev–Trinajstić information content (AvgIpc) is 3.34. The molecule has 3 nitrogen and oxygen atoms in total. The molecule has 1 aromatic heterocycles. The maximum atomic E-state index is 7.69. The Kier molecular flexibility index (Phi) is 6.37. The van der Waals surface area contributed by atoms with Crippen molar-refractivity contribution in [2.45, 2.75) is 43.6 Å². The van der Waals surface area contributed by atoms with Crippen LogP contribution >= 0.6 is 0 Å². The Balaban J connectivity index is 1.35. The second-order valence-corrected chi connectivity index (χ2v) is 14.3. The minimum absolute atomic E-state index is 0.482. The number of hydrogen-bond acceptors (Lipinski definition) is 2. The summed E-state index contributed by atoms with van der Waals surface area (Å²) in [5.41, 5.74) is 10.9. The third-order valence-electron chi connectivity index (χ3n) is 11.9. The number of hydrogen-bond donors (Lipinski definition) is 0. The Labute approximate surface area is 287 Å². The van der Waals surface area contributed by atoms with Crippen LogP contribution in [0.25, 0.3) is 49.8 Å². The zero-order valence-electron chi connectivity index (χ0n) is 28.1. The molecule has 10 rings (SSSR count). The first-order valence-electron chi connectivity index (χ1n) is 17.8. The maximum absolute atomic E-state index is 7.69. The van der Waals surface area contributed by atoms with Gasteiger partial charge in [0.25, 0.3) is 0 Å². The molecule has 1 saturated carbocycles. The van der Waals surface area contributed by atoms with E-state index in [1.165, 1.54) is 86.1 Å². The summed E-state index contributed by atoms with van der Waals surface area (Å²) in [4.78, 5) is 0. The summed E-state index contributed by atoms with van der Waals surface area (Å²) >= 11 is 0. The van der Waals surface area contributed by atoms with Gasteiger partial charge in [-0.3, -0.25) is 0 Å². The lowest BCUT2D eigenvalue weighted by Gasteiger charge is -2.39. The monoisotopic (exact) mass is 637 g/mol. The van der Waals surface area contributed by atoms with Crippen LogP contribution in [0.5, 0.6) is 11.5 Å². The van der Waals surface area contributed by atoms with Crippen LogP contribution in [0, 0.1) is 5.92 Å². The van der Waals surface area contributed by atoms with Crippen molar-refractivity contribution in [2.24, 2.45) is 13.0 Å². The van der Waals surface area contributed by atoms with Crippen molar-refractivity contribution < 1.29 is 9.47 Å². The molecule has 6 aromatic carbocycles.